The first-order valence-corrected chi connectivity index (χ1v) is 5.30. The average Bonchev–Trinajstić information content (AvgIpc) is 3.01. The Morgan fingerprint density at radius 2 is 2.12 bits per heavy atom. The lowest BCUT2D eigenvalue weighted by atomic mass is 10.1. The number of carbonyl (C=O) groups excluding carboxylic acids is 2. The fourth-order valence-corrected chi connectivity index (χ4v) is 1.94. The second kappa shape index (κ2) is 3.86. The van der Waals surface area contributed by atoms with Crippen LogP contribution in [0, 0.1) is 5.92 Å². The van der Waals surface area contributed by atoms with E-state index in [9.17, 15) is 14.4 Å². The zero-order valence-electron chi connectivity index (χ0n) is 8.97. The van der Waals surface area contributed by atoms with E-state index in [0.717, 1.165) is 17.7 Å². The van der Waals surface area contributed by atoms with Crippen LogP contribution in [0.25, 0.3) is 0 Å². The van der Waals surface area contributed by atoms with E-state index in [2.05, 4.69) is 5.32 Å². The molecule has 1 aliphatic carbocycles. The van der Waals surface area contributed by atoms with Gasteiger partial charge >= 0.3 is 5.97 Å². The highest BCUT2D eigenvalue weighted by Gasteiger charge is 2.42. The Bertz CT molecular complexity index is 351. The summed E-state index contributed by atoms with van der Waals surface area (Å²) in [5.41, 5.74) is 0. The van der Waals surface area contributed by atoms with Crippen LogP contribution in [0.1, 0.15) is 19.3 Å². The molecule has 1 aliphatic heterocycles. The standard InChI is InChI=1S/C10H14N2O4/c1-12-7(13)4-6(9(12)14)11-8(10(15)16)5-2-3-5/h5-6,8,11H,2-4H2,1H3,(H,15,16). The molecule has 88 valence electrons. The molecule has 2 unspecified atom stereocenters. The molecule has 6 heteroatoms. The summed E-state index contributed by atoms with van der Waals surface area (Å²) in [6.45, 7) is 0. The van der Waals surface area contributed by atoms with Crippen LogP contribution in [0.3, 0.4) is 0 Å². The van der Waals surface area contributed by atoms with Crippen LogP contribution >= 0.6 is 0 Å². The molecule has 1 saturated carbocycles. The predicted octanol–water partition coefficient (Wildman–Crippen LogP) is -0.803. The molecule has 0 spiro atoms. The molecule has 2 aliphatic rings. The lowest BCUT2D eigenvalue weighted by molar-refractivity contribution is -0.140. The number of carboxylic acid groups (broad SMARTS) is 1. The minimum Gasteiger partial charge on any atom is -0.480 e. The number of carboxylic acids is 1. The molecule has 1 saturated heterocycles. The van der Waals surface area contributed by atoms with Gasteiger partial charge in [-0.25, -0.2) is 0 Å². The van der Waals surface area contributed by atoms with Gasteiger partial charge in [-0.15, -0.1) is 0 Å². The average molecular weight is 226 g/mol. The van der Waals surface area contributed by atoms with Crippen molar-refractivity contribution in [2.24, 2.45) is 5.92 Å². The molecule has 0 aromatic carbocycles. The molecule has 0 radical (unpaired) electrons. The topological polar surface area (TPSA) is 86.7 Å². The van der Waals surface area contributed by atoms with Gasteiger partial charge in [-0.3, -0.25) is 24.6 Å². The van der Waals surface area contributed by atoms with Crippen molar-refractivity contribution in [2.75, 3.05) is 7.05 Å². The molecular formula is C10H14N2O4. The lowest BCUT2D eigenvalue weighted by Crippen LogP contribution is -2.47. The van der Waals surface area contributed by atoms with Crippen LogP contribution in [0.4, 0.5) is 0 Å². The van der Waals surface area contributed by atoms with Crippen molar-refractivity contribution in [1.29, 1.82) is 0 Å². The summed E-state index contributed by atoms with van der Waals surface area (Å²) in [6, 6.07) is -1.37. The van der Waals surface area contributed by atoms with Gasteiger partial charge in [-0.1, -0.05) is 0 Å². The quantitative estimate of drug-likeness (QED) is 0.613. The summed E-state index contributed by atoms with van der Waals surface area (Å²) in [6.07, 6.45) is 1.80. The summed E-state index contributed by atoms with van der Waals surface area (Å²) >= 11 is 0. The smallest absolute Gasteiger partial charge is 0.321 e. The van der Waals surface area contributed by atoms with Gasteiger partial charge in [0, 0.05) is 7.05 Å². The van der Waals surface area contributed by atoms with Crippen molar-refractivity contribution in [2.45, 2.75) is 31.3 Å². The van der Waals surface area contributed by atoms with Crippen LogP contribution in [0.5, 0.6) is 0 Å². The fourth-order valence-electron chi connectivity index (χ4n) is 1.94. The minimum absolute atomic E-state index is 0.0613. The summed E-state index contributed by atoms with van der Waals surface area (Å²) in [4.78, 5) is 34.8. The summed E-state index contributed by atoms with van der Waals surface area (Å²) in [7, 11) is 1.42. The maximum absolute atomic E-state index is 11.6. The number of imide groups is 1. The van der Waals surface area contributed by atoms with E-state index in [-0.39, 0.29) is 24.2 Å². The van der Waals surface area contributed by atoms with Gasteiger partial charge in [0.15, 0.2) is 0 Å². The molecular weight excluding hydrogens is 212 g/mol. The largest absolute Gasteiger partial charge is 0.480 e. The summed E-state index contributed by atoms with van der Waals surface area (Å²) in [5, 5.41) is 11.8. The molecule has 2 rings (SSSR count). The van der Waals surface area contributed by atoms with E-state index >= 15 is 0 Å². The first-order valence-electron chi connectivity index (χ1n) is 5.30. The molecule has 0 aromatic heterocycles. The number of nitrogens with zero attached hydrogens (tertiary/aromatic N) is 1. The number of hydrogen-bond donors (Lipinski definition) is 2. The Balaban J connectivity index is 2.01. The summed E-state index contributed by atoms with van der Waals surface area (Å²) < 4.78 is 0. The van der Waals surface area contributed by atoms with E-state index in [1.165, 1.54) is 7.05 Å². The van der Waals surface area contributed by atoms with E-state index < -0.39 is 18.1 Å². The van der Waals surface area contributed by atoms with Crippen molar-refractivity contribution < 1.29 is 19.5 Å². The van der Waals surface area contributed by atoms with Crippen LogP contribution in [-0.2, 0) is 14.4 Å². The van der Waals surface area contributed by atoms with Crippen LogP contribution in [-0.4, -0.2) is 46.9 Å². The number of likely N-dealkylation sites (N-methyl/N-ethyl adjacent to an activating group) is 1. The zero-order chi connectivity index (χ0) is 11.9. The van der Waals surface area contributed by atoms with Gasteiger partial charge in [0.2, 0.25) is 11.8 Å². The van der Waals surface area contributed by atoms with Gasteiger partial charge in [0.1, 0.15) is 6.04 Å². The monoisotopic (exact) mass is 226 g/mol. The molecule has 2 amide bonds. The number of nitrogens with one attached hydrogen (secondary N) is 1. The van der Waals surface area contributed by atoms with Gasteiger partial charge in [-0.2, -0.15) is 0 Å². The second-order valence-corrected chi connectivity index (χ2v) is 4.37. The molecule has 16 heavy (non-hydrogen) atoms. The lowest BCUT2D eigenvalue weighted by Gasteiger charge is -2.17. The highest BCUT2D eigenvalue weighted by molar-refractivity contribution is 6.05. The van der Waals surface area contributed by atoms with Crippen molar-refractivity contribution >= 4 is 17.8 Å². The van der Waals surface area contributed by atoms with E-state index in [4.69, 9.17) is 5.11 Å². The predicted molar refractivity (Wildman–Crippen MR) is 53.5 cm³/mol. The SMILES string of the molecule is CN1C(=O)CC(NC(C(=O)O)C2CC2)C1=O. The van der Waals surface area contributed by atoms with Gasteiger partial charge in [0.05, 0.1) is 12.5 Å². The molecule has 0 bridgehead atoms. The van der Waals surface area contributed by atoms with Gasteiger partial charge in [-0.05, 0) is 18.8 Å². The van der Waals surface area contributed by atoms with Gasteiger partial charge < -0.3 is 5.11 Å². The van der Waals surface area contributed by atoms with Crippen LogP contribution in [0.15, 0.2) is 0 Å². The molecule has 1 heterocycles. The maximum atomic E-state index is 11.6. The number of amides is 2. The van der Waals surface area contributed by atoms with E-state index in [1.807, 2.05) is 0 Å². The Morgan fingerprint density at radius 1 is 1.50 bits per heavy atom. The van der Waals surface area contributed by atoms with Crippen LogP contribution in [0.2, 0.25) is 0 Å². The fraction of sp³-hybridized carbons (Fsp3) is 0.700. The third-order valence-electron chi connectivity index (χ3n) is 3.12. The third-order valence-corrected chi connectivity index (χ3v) is 3.12. The van der Waals surface area contributed by atoms with Crippen LogP contribution < -0.4 is 5.32 Å². The molecule has 2 N–H and O–H groups in total. The number of carbonyl (C=O) groups is 3. The highest BCUT2D eigenvalue weighted by atomic mass is 16.4. The van der Waals surface area contributed by atoms with Gasteiger partial charge in [0.25, 0.3) is 0 Å². The minimum atomic E-state index is -0.947. The number of hydrogen-bond acceptors (Lipinski definition) is 4. The maximum Gasteiger partial charge on any atom is 0.321 e. The molecule has 2 atom stereocenters. The number of aliphatic carboxylic acids is 1. The molecule has 0 aromatic rings. The first-order chi connectivity index (χ1) is 7.50. The normalized spacial score (nSPS) is 27.3. The van der Waals surface area contributed by atoms with Crippen molar-refractivity contribution in [3.8, 4) is 0 Å². The summed E-state index contributed by atoms with van der Waals surface area (Å²) in [5.74, 6) is -1.44. The van der Waals surface area contributed by atoms with Crippen molar-refractivity contribution in [1.82, 2.24) is 10.2 Å². The molecule has 6 nitrogen and oxygen atoms in total. The Kier molecular flexibility index (Phi) is 2.67. The Morgan fingerprint density at radius 3 is 2.50 bits per heavy atom. The van der Waals surface area contributed by atoms with Crippen molar-refractivity contribution in [3.63, 3.8) is 0 Å². The van der Waals surface area contributed by atoms with E-state index in [0.29, 0.717) is 0 Å². The third kappa shape index (κ3) is 1.92. The number of likely N-dealkylation sites (tertiary alicyclic amines) is 1. The number of rotatable bonds is 4. The Hall–Kier alpha value is -1.43. The Labute approximate surface area is 92.6 Å². The van der Waals surface area contributed by atoms with Crippen molar-refractivity contribution in [3.05, 3.63) is 0 Å². The van der Waals surface area contributed by atoms with E-state index in [1.54, 1.807) is 0 Å². The second-order valence-electron chi connectivity index (χ2n) is 4.37. The highest BCUT2D eigenvalue weighted by Crippen LogP contribution is 2.33. The molecule has 2 fully saturated rings. The zero-order valence-corrected chi connectivity index (χ0v) is 8.97. The first kappa shape index (κ1) is 11.1.